The number of hydrogen-bond acceptors (Lipinski definition) is 5. The summed E-state index contributed by atoms with van der Waals surface area (Å²) in [6.07, 6.45) is 3.87. The monoisotopic (exact) mass is 260 g/mol. The molecular weight excluding hydrogens is 251 g/mol. The van der Waals surface area contributed by atoms with E-state index in [-0.39, 0.29) is 22.6 Å². The molecule has 2 aliphatic rings. The maximum atomic E-state index is 5.88. The minimum Gasteiger partial charge on any atom is -0.373 e. The van der Waals surface area contributed by atoms with Gasteiger partial charge in [-0.15, -0.1) is 10.2 Å². The number of rotatable bonds is 2. The highest BCUT2D eigenvalue weighted by atomic mass is 35.5. The van der Waals surface area contributed by atoms with Crippen molar-refractivity contribution in [3.63, 3.8) is 0 Å². The van der Waals surface area contributed by atoms with Crippen LogP contribution in [-0.4, -0.2) is 33.4 Å². The van der Waals surface area contributed by atoms with Gasteiger partial charge in [-0.2, -0.15) is 4.98 Å². The largest absolute Gasteiger partial charge is 0.373 e. The standard InChI is InChI=1S/C9H10Cl2N4O/c10-7-8(13-9(11)15-14-7)12-5-3-4-1-2-6(5)16-4/h4-6H,1-3H2,(H,12,13,15). The highest BCUT2D eigenvalue weighted by Gasteiger charge is 2.41. The van der Waals surface area contributed by atoms with Crippen molar-refractivity contribution in [1.82, 2.24) is 15.2 Å². The summed E-state index contributed by atoms with van der Waals surface area (Å²) >= 11 is 11.5. The van der Waals surface area contributed by atoms with E-state index in [0.29, 0.717) is 11.9 Å². The van der Waals surface area contributed by atoms with Crippen molar-refractivity contribution in [2.45, 2.75) is 37.5 Å². The lowest BCUT2D eigenvalue weighted by Gasteiger charge is -2.20. The summed E-state index contributed by atoms with van der Waals surface area (Å²) in [6, 6.07) is 0.254. The topological polar surface area (TPSA) is 59.9 Å². The van der Waals surface area contributed by atoms with Crippen molar-refractivity contribution in [2.24, 2.45) is 0 Å². The summed E-state index contributed by atoms with van der Waals surface area (Å²) in [5.41, 5.74) is 0. The second kappa shape index (κ2) is 3.98. The number of nitrogens with one attached hydrogen (secondary N) is 1. The Morgan fingerprint density at radius 1 is 1.25 bits per heavy atom. The third-order valence-corrected chi connectivity index (χ3v) is 3.46. The number of fused-ring (bicyclic) bond motifs is 2. The highest BCUT2D eigenvalue weighted by Crippen LogP contribution is 2.36. The summed E-state index contributed by atoms with van der Waals surface area (Å²) < 4.78 is 5.72. The fraction of sp³-hybridized carbons (Fsp3) is 0.667. The first-order valence-electron chi connectivity index (χ1n) is 5.20. The van der Waals surface area contributed by atoms with E-state index < -0.39 is 0 Å². The van der Waals surface area contributed by atoms with Gasteiger partial charge in [0, 0.05) is 0 Å². The van der Waals surface area contributed by atoms with Gasteiger partial charge in [-0.05, 0) is 30.9 Å². The lowest BCUT2D eigenvalue weighted by molar-refractivity contribution is 0.102. The average molecular weight is 261 g/mol. The fourth-order valence-electron chi connectivity index (χ4n) is 2.35. The number of ether oxygens (including phenoxy) is 1. The number of aromatic nitrogens is 3. The van der Waals surface area contributed by atoms with Crippen LogP contribution in [0.1, 0.15) is 19.3 Å². The molecular formula is C9H10Cl2N4O. The molecule has 16 heavy (non-hydrogen) atoms. The zero-order valence-corrected chi connectivity index (χ0v) is 9.87. The molecule has 1 N–H and O–H groups in total. The first kappa shape index (κ1) is 10.5. The molecule has 1 aromatic heterocycles. The number of halogens is 2. The highest BCUT2D eigenvalue weighted by molar-refractivity contribution is 6.32. The summed E-state index contributed by atoms with van der Waals surface area (Å²) in [5, 5.41) is 10.8. The molecule has 0 spiro atoms. The first-order chi connectivity index (χ1) is 7.72. The Labute approximate surface area is 103 Å². The van der Waals surface area contributed by atoms with E-state index in [1.54, 1.807) is 0 Å². The van der Waals surface area contributed by atoms with Crippen LogP contribution in [0.4, 0.5) is 5.82 Å². The van der Waals surface area contributed by atoms with E-state index >= 15 is 0 Å². The first-order valence-corrected chi connectivity index (χ1v) is 5.95. The fourth-order valence-corrected chi connectivity index (χ4v) is 2.61. The summed E-state index contributed by atoms with van der Waals surface area (Å²) in [5.74, 6) is 0.489. The van der Waals surface area contributed by atoms with Crippen LogP contribution in [0.25, 0.3) is 0 Å². The minimum absolute atomic E-state index is 0.0935. The SMILES string of the molecule is Clc1nnc(Cl)c(NC2CC3CCC2O3)n1. The molecule has 0 aliphatic carbocycles. The molecule has 2 aliphatic heterocycles. The van der Waals surface area contributed by atoms with Gasteiger partial charge in [0.05, 0.1) is 18.2 Å². The Balaban J connectivity index is 1.76. The lowest BCUT2D eigenvalue weighted by Crippen LogP contribution is -2.31. The van der Waals surface area contributed by atoms with E-state index in [1.807, 2.05) is 0 Å². The van der Waals surface area contributed by atoms with Crippen molar-refractivity contribution in [2.75, 3.05) is 5.32 Å². The van der Waals surface area contributed by atoms with E-state index in [2.05, 4.69) is 20.5 Å². The van der Waals surface area contributed by atoms with Crippen molar-refractivity contribution >= 4 is 29.0 Å². The minimum atomic E-state index is 0.0935. The van der Waals surface area contributed by atoms with Crippen LogP contribution in [0.15, 0.2) is 0 Å². The Bertz CT molecular complexity index is 416. The Hall–Kier alpha value is -0.650. The Morgan fingerprint density at radius 2 is 2.12 bits per heavy atom. The second-order valence-corrected chi connectivity index (χ2v) is 4.78. The third-order valence-electron chi connectivity index (χ3n) is 3.05. The molecule has 0 aromatic carbocycles. The predicted molar refractivity (Wildman–Crippen MR) is 59.8 cm³/mol. The van der Waals surface area contributed by atoms with Gasteiger partial charge in [0.15, 0.2) is 11.0 Å². The molecule has 0 amide bonds. The van der Waals surface area contributed by atoms with Gasteiger partial charge in [-0.25, -0.2) is 0 Å². The maximum Gasteiger partial charge on any atom is 0.245 e. The molecule has 0 saturated carbocycles. The van der Waals surface area contributed by atoms with E-state index in [4.69, 9.17) is 27.9 Å². The summed E-state index contributed by atoms with van der Waals surface area (Å²) in [4.78, 5) is 4.01. The average Bonchev–Trinajstić information content (AvgIpc) is 2.85. The van der Waals surface area contributed by atoms with Crippen LogP contribution < -0.4 is 5.32 Å². The van der Waals surface area contributed by atoms with Gasteiger partial charge in [-0.1, -0.05) is 11.6 Å². The van der Waals surface area contributed by atoms with Gasteiger partial charge >= 0.3 is 0 Å². The molecule has 7 heteroatoms. The number of anilines is 1. The van der Waals surface area contributed by atoms with Crippen LogP contribution in [0.2, 0.25) is 10.4 Å². The molecule has 1 aromatic rings. The molecule has 3 rings (SSSR count). The van der Waals surface area contributed by atoms with Crippen LogP contribution in [0.3, 0.4) is 0 Å². The van der Waals surface area contributed by atoms with Gasteiger partial charge in [-0.3, -0.25) is 0 Å². The van der Waals surface area contributed by atoms with Crippen LogP contribution >= 0.6 is 23.2 Å². The number of hydrogen-bond donors (Lipinski definition) is 1. The molecule has 3 atom stereocenters. The van der Waals surface area contributed by atoms with Crippen molar-refractivity contribution < 1.29 is 4.74 Å². The zero-order valence-electron chi connectivity index (χ0n) is 8.36. The predicted octanol–water partition coefficient (Wildman–Crippen LogP) is 1.91. The zero-order chi connectivity index (χ0) is 11.1. The van der Waals surface area contributed by atoms with E-state index in [0.717, 1.165) is 19.3 Å². The summed E-state index contributed by atoms with van der Waals surface area (Å²) in [7, 11) is 0. The normalized spacial score (nSPS) is 32.0. The Morgan fingerprint density at radius 3 is 2.81 bits per heavy atom. The van der Waals surface area contributed by atoms with Gasteiger partial charge in [0.2, 0.25) is 5.28 Å². The molecule has 2 saturated heterocycles. The van der Waals surface area contributed by atoms with Crippen molar-refractivity contribution in [3.8, 4) is 0 Å². The molecule has 3 heterocycles. The second-order valence-electron chi connectivity index (χ2n) is 4.08. The third kappa shape index (κ3) is 1.83. The van der Waals surface area contributed by atoms with E-state index in [9.17, 15) is 0 Å². The maximum absolute atomic E-state index is 5.88. The molecule has 3 unspecified atom stereocenters. The quantitative estimate of drug-likeness (QED) is 0.881. The lowest BCUT2D eigenvalue weighted by atomic mass is 9.95. The summed E-state index contributed by atoms with van der Waals surface area (Å²) in [6.45, 7) is 0. The molecule has 2 bridgehead atoms. The van der Waals surface area contributed by atoms with E-state index in [1.165, 1.54) is 0 Å². The van der Waals surface area contributed by atoms with Crippen molar-refractivity contribution in [1.29, 1.82) is 0 Å². The van der Waals surface area contributed by atoms with Gasteiger partial charge < -0.3 is 10.1 Å². The van der Waals surface area contributed by atoms with Crippen LogP contribution in [0, 0.1) is 0 Å². The molecule has 5 nitrogen and oxygen atoms in total. The van der Waals surface area contributed by atoms with Crippen LogP contribution in [-0.2, 0) is 4.74 Å². The molecule has 86 valence electrons. The Kier molecular flexibility index (Phi) is 2.61. The smallest absolute Gasteiger partial charge is 0.245 e. The molecule has 2 fully saturated rings. The van der Waals surface area contributed by atoms with Gasteiger partial charge in [0.25, 0.3) is 0 Å². The molecule has 0 radical (unpaired) electrons. The number of nitrogens with zero attached hydrogens (tertiary/aromatic N) is 3. The van der Waals surface area contributed by atoms with Crippen molar-refractivity contribution in [3.05, 3.63) is 10.4 Å². The van der Waals surface area contributed by atoms with Crippen LogP contribution in [0.5, 0.6) is 0 Å². The van der Waals surface area contributed by atoms with Gasteiger partial charge in [0.1, 0.15) is 0 Å².